The van der Waals surface area contributed by atoms with Crippen molar-refractivity contribution in [2.75, 3.05) is 13.2 Å². The van der Waals surface area contributed by atoms with E-state index in [1.54, 1.807) is 6.92 Å². The van der Waals surface area contributed by atoms with Crippen LogP contribution in [-0.4, -0.2) is 30.2 Å². The largest absolute Gasteiger partial charge is 0.466 e. The summed E-state index contributed by atoms with van der Waals surface area (Å²) in [5.74, 6) is -3.58. The summed E-state index contributed by atoms with van der Waals surface area (Å²) in [5.41, 5.74) is -1.43. The molecule has 2 rings (SSSR count). The molecule has 0 saturated carbocycles. The van der Waals surface area contributed by atoms with E-state index in [1.165, 1.54) is 12.1 Å². The van der Waals surface area contributed by atoms with Gasteiger partial charge in [-0.05, 0) is 43.1 Å². The van der Waals surface area contributed by atoms with Crippen molar-refractivity contribution >= 4 is 35.1 Å². The fraction of sp³-hybridized carbons (Fsp3) is 0.353. The minimum absolute atomic E-state index is 0.0228. The number of alkyl halides is 3. The first-order valence-corrected chi connectivity index (χ1v) is 8.86. The van der Waals surface area contributed by atoms with Gasteiger partial charge in [0.2, 0.25) is 5.76 Å². The maximum Gasteiger partial charge on any atom is 0.383 e. The summed E-state index contributed by atoms with van der Waals surface area (Å²) in [4.78, 5) is 23.7. The maximum atomic E-state index is 14.2. The molecule has 1 heterocycles. The minimum atomic E-state index is -4.05. The van der Waals surface area contributed by atoms with Crippen LogP contribution in [0.3, 0.4) is 0 Å². The van der Waals surface area contributed by atoms with Gasteiger partial charge >= 0.3 is 11.4 Å². The molecular formula is C17H15Cl2F3N2O4. The Morgan fingerprint density at radius 2 is 2.07 bits per heavy atom. The highest BCUT2D eigenvalue weighted by molar-refractivity contribution is 6.30. The lowest BCUT2D eigenvalue weighted by molar-refractivity contribution is -0.143. The normalized spacial score (nSPS) is 11.4. The lowest BCUT2D eigenvalue weighted by atomic mass is 10.0. The molecular weight excluding hydrogens is 424 g/mol. The summed E-state index contributed by atoms with van der Waals surface area (Å²) >= 11 is 10.7. The van der Waals surface area contributed by atoms with Crippen molar-refractivity contribution in [2.24, 2.45) is 0 Å². The Labute approximate surface area is 167 Å². The lowest BCUT2D eigenvalue weighted by Crippen LogP contribution is -2.27. The summed E-state index contributed by atoms with van der Waals surface area (Å²) in [6, 6.07) is 3.41. The summed E-state index contributed by atoms with van der Waals surface area (Å²) in [6.45, 7) is 1.84. The number of amides is 1. The molecule has 2 aromatic rings. The second-order valence-electron chi connectivity index (χ2n) is 5.52. The van der Waals surface area contributed by atoms with Crippen LogP contribution in [0.2, 0.25) is 5.02 Å². The molecule has 0 aliphatic heterocycles. The molecule has 0 fully saturated rings. The number of hydrogen-bond donors (Lipinski definition) is 1. The molecule has 0 unspecified atom stereocenters. The van der Waals surface area contributed by atoms with Crippen LogP contribution in [0.15, 0.2) is 22.7 Å². The fourth-order valence-corrected chi connectivity index (χ4v) is 2.60. The number of halogens is 5. The number of nitrogens with one attached hydrogen (secondary N) is 1. The van der Waals surface area contributed by atoms with E-state index in [0.717, 1.165) is 6.07 Å². The molecule has 0 spiro atoms. The van der Waals surface area contributed by atoms with E-state index in [1.807, 2.05) is 0 Å². The Bertz CT molecular complexity index is 869. The highest BCUT2D eigenvalue weighted by Crippen LogP contribution is 2.39. The van der Waals surface area contributed by atoms with Crippen LogP contribution in [0, 0.1) is 5.82 Å². The smallest absolute Gasteiger partial charge is 0.383 e. The second-order valence-corrected chi connectivity index (χ2v) is 6.43. The van der Waals surface area contributed by atoms with Crippen molar-refractivity contribution in [1.29, 1.82) is 0 Å². The van der Waals surface area contributed by atoms with E-state index < -0.39 is 40.1 Å². The number of esters is 1. The van der Waals surface area contributed by atoms with E-state index in [4.69, 9.17) is 27.9 Å². The van der Waals surface area contributed by atoms with Crippen molar-refractivity contribution in [3.8, 4) is 11.3 Å². The topological polar surface area (TPSA) is 81.4 Å². The molecule has 0 saturated heterocycles. The molecule has 0 atom stereocenters. The molecule has 6 nitrogen and oxygen atoms in total. The average molecular weight is 439 g/mol. The summed E-state index contributed by atoms with van der Waals surface area (Å²) in [5, 5.41) is 1.75. The van der Waals surface area contributed by atoms with Crippen LogP contribution >= 0.6 is 23.2 Å². The average Bonchev–Trinajstić information content (AvgIpc) is 3.04. The highest BCUT2D eigenvalue weighted by Gasteiger charge is 2.41. The number of ether oxygens (including phenoxy) is 1. The molecule has 0 aliphatic rings. The summed E-state index contributed by atoms with van der Waals surface area (Å²) in [7, 11) is 0. The zero-order chi connectivity index (χ0) is 20.9. The first-order chi connectivity index (χ1) is 13.1. The van der Waals surface area contributed by atoms with E-state index in [9.17, 15) is 22.8 Å². The molecule has 0 bridgehead atoms. The van der Waals surface area contributed by atoms with Gasteiger partial charge in [-0.3, -0.25) is 9.59 Å². The van der Waals surface area contributed by atoms with Crippen LogP contribution in [-0.2, 0) is 14.9 Å². The molecule has 1 aromatic heterocycles. The van der Waals surface area contributed by atoms with Gasteiger partial charge in [-0.15, -0.1) is 0 Å². The van der Waals surface area contributed by atoms with Crippen LogP contribution in [0.25, 0.3) is 11.3 Å². The quantitative estimate of drug-likeness (QED) is 0.372. The molecule has 0 radical (unpaired) electrons. The van der Waals surface area contributed by atoms with Gasteiger partial charge in [0.1, 0.15) is 17.1 Å². The Morgan fingerprint density at radius 3 is 2.68 bits per heavy atom. The monoisotopic (exact) mass is 438 g/mol. The standard InChI is InChI=1S/C17H15Cl2F3N2O4/c1-2-27-12(25)4-3-7-23-16(26)13-14(24-28-15(13)17(19,21)22)10-6-5-9(18)8-11(10)20/h5-6,8H,2-4,7H2,1H3,(H,23,26). The van der Waals surface area contributed by atoms with E-state index >= 15 is 0 Å². The predicted octanol–water partition coefficient (Wildman–Crippen LogP) is 4.50. The number of carbonyl (C=O) groups excluding carboxylic acids is 2. The first-order valence-electron chi connectivity index (χ1n) is 8.11. The van der Waals surface area contributed by atoms with Gasteiger partial charge in [-0.25, -0.2) is 4.39 Å². The van der Waals surface area contributed by atoms with Crippen LogP contribution in [0.5, 0.6) is 0 Å². The van der Waals surface area contributed by atoms with Gasteiger partial charge in [-0.2, -0.15) is 8.78 Å². The van der Waals surface area contributed by atoms with Gasteiger partial charge in [-0.1, -0.05) is 16.8 Å². The van der Waals surface area contributed by atoms with Crippen LogP contribution < -0.4 is 5.32 Å². The Kier molecular flexibility index (Phi) is 7.31. The zero-order valence-electron chi connectivity index (χ0n) is 14.5. The SMILES string of the molecule is CCOC(=O)CCCNC(=O)c1c(-c2ccc(Cl)cc2F)noc1C(F)(F)Cl. The molecule has 152 valence electrons. The van der Waals surface area contributed by atoms with Gasteiger partial charge in [0.25, 0.3) is 5.91 Å². The van der Waals surface area contributed by atoms with Gasteiger partial charge < -0.3 is 14.6 Å². The lowest BCUT2D eigenvalue weighted by Gasteiger charge is -2.09. The van der Waals surface area contributed by atoms with Crippen LogP contribution in [0.4, 0.5) is 13.2 Å². The summed E-state index contributed by atoms with van der Waals surface area (Å²) < 4.78 is 50.7. The van der Waals surface area contributed by atoms with Gasteiger partial charge in [0.15, 0.2) is 0 Å². The number of benzene rings is 1. The first kappa shape index (κ1) is 22.0. The van der Waals surface area contributed by atoms with Crippen molar-refractivity contribution in [1.82, 2.24) is 10.5 Å². The predicted molar refractivity (Wildman–Crippen MR) is 94.9 cm³/mol. The molecule has 1 amide bonds. The highest BCUT2D eigenvalue weighted by atomic mass is 35.5. The second kappa shape index (κ2) is 9.29. The van der Waals surface area contributed by atoms with Gasteiger partial charge in [0.05, 0.1) is 6.61 Å². The third-order valence-electron chi connectivity index (χ3n) is 3.51. The molecule has 0 aliphatic carbocycles. The Hall–Kier alpha value is -2.26. The van der Waals surface area contributed by atoms with Crippen LogP contribution in [0.1, 0.15) is 35.9 Å². The fourth-order valence-electron chi connectivity index (χ4n) is 2.32. The number of nitrogens with zero attached hydrogens (tertiary/aromatic N) is 1. The number of carbonyl (C=O) groups is 2. The van der Waals surface area contributed by atoms with Crippen molar-refractivity contribution in [3.05, 3.63) is 40.4 Å². The van der Waals surface area contributed by atoms with Gasteiger partial charge in [0, 0.05) is 23.6 Å². The molecule has 28 heavy (non-hydrogen) atoms. The molecule has 11 heteroatoms. The van der Waals surface area contributed by atoms with Crippen molar-refractivity contribution < 1.29 is 32.0 Å². The third-order valence-corrected chi connectivity index (χ3v) is 3.92. The Morgan fingerprint density at radius 1 is 1.36 bits per heavy atom. The summed E-state index contributed by atoms with van der Waals surface area (Å²) in [6.07, 6.45) is 0.224. The number of hydrogen-bond acceptors (Lipinski definition) is 5. The van der Waals surface area contributed by atoms with E-state index in [2.05, 4.69) is 15.0 Å². The molecule has 1 N–H and O–H groups in total. The Balaban J connectivity index is 2.26. The minimum Gasteiger partial charge on any atom is -0.466 e. The maximum absolute atomic E-state index is 14.2. The number of aromatic nitrogens is 1. The van der Waals surface area contributed by atoms with E-state index in [0.29, 0.717) is 0 Å². The van der Waals surface area contributed by atoms with Crippen molar-refractivity contribution in [2.45, 2.75) is 25.1 Å². The molecule has 1 aromatic carbocycles. The third kappa shape index (κ3) is 5.39. The number of rotatable bonds is 8. The van der Waals surface area contributed by atoms with E-state index in [-0.39, 0.29) is 36.6 Å². The van der Waals surface area contributed by atoms with Crippen molar-refractivity contribution in [3.63, 3.8) is 0 Å². The zero-order valence-corrected chi connectivity index (χ0v) is 16.0.